The third kappa shape index (κ3) is 1.91. The Hall–Kier alpha value is -0.900. The van der Waals surface area contributed by atoms with Gasteiger partial charge in [0.05, 0.1) is 0 Å². The Balaban J connectivity index is 2.30. The molecule has 0 heterocycles. The first-order valence-corrected chi connectivity index (χ1v) is 5.20. The molecular formula is C12H17NO2. The molecule has 0 saturated heterocycles. The van der Waals surface area contributed by atoms with Crippen LogP contribution in [-0.4, -0.2) is 14.2 Å². The maximum atomic E-state index is 5.98. The van der Waals surface area contributed by atoms with Gasteiger partial charge in [0.2, 0.25) is 0 Å². The summed E-state index contributed by atoms with van der Waals surface area (Å²) in [6, 6.07) is 6.46. The molecule has 0 spiro atoms. The van der Waals surface area contributed by atoms with Crippen LogP contribution in [0, 0.1) is 0 Å². The average molecular weight is 207 g/mol. The highest BCUT2D eigenvalue weighted by atomic mass is 16.7. The van der Waals surface area contributed by atoms with Crippen LogP contribution in [-0.2, 0) is 15.9 Å². The highest BCUT2D eigenvalue weighted by Gasteiger charge is 2.20. The standard InChI is InChI=1S/C12H17NO2/c1-14-12(15-2)9-3-5-10-8(7-9)4-6-11(10)13/h3,5,7,11-12H,4,6,13H2,1-2H3. The van der Waals surface area contributed by atoms with Gasteiger partial charge in [0.15, 0.2) is 6.29 Å². The molecule has 15 heavy (non-hydrogen) atoms. The quantitative estimate of drug-likeness (QED) is 0.770. The molecule has 1 aliphatic rings. The molecule has 1 aromatic rings. The van der Waals surface area contributed by atoms with E-state index in [1.807, 2.05) is 6.07 Å². The van der Waals surface area contributed by atoms with Crippen LogP contribution in [0.25, 0.3) is 0 Å². The number of ether oxygens (including phenoxy) is 2. The third-order valence-corrected chi connectivity index (χ3v) is 2.99. The lowest BCUT2D eigenvalue weighted by molar-refractivity contribution is -0.106. The van der Waals surface area contributed by atoms with Gasteiger partial charge in [-0.05, 0) is 24.0 Å². The van der Waals surface area contributed by atoms with E-state index in [1.165, 1.54) is 11.1 Å². The fourth-order valence-electron chi connectivity index (χ4n) is 2.19. The van der Waals surface area contributed by atoms with Gasteiger partial charge in [-0.15, -0.1) is 0 Å². The molecule has 0 amide bonds. The van der Waals surface area contributed by atoms with E-state index in [1.54, 1.807) is 14.2 Å². The number of methoxy groups -OCH3 is 2. The van der Waals surface area contributed by atoms with Crippen molar-refractivity contribution in [2.75, 3.05) is 14.2 Å². The molecule has 0 bridgehead atoms. The molecule has 0 aromatic heterocycles. The van der Waals surface area contributed by atoms with E-state index in [4.69, 9.17) is 15.2 Å². The highest BCUT2D eigenvalue weighted by molar-refractivity contribution is 5.38. The number of fused-ring (bicyclic) bond motifs is 1. The average Bonchev–Trinajstić information content (AvgIpc) is 2.62. The van der Waals surface area contributed by atoms with Crippen LogP contribution in [0.2, 0.25) is 0 Å². The lowest BCUT2D eigenvalue weighted by atomic mass is 10.0. The van der Waals surface area contributed by atoms with Crippen LogP contribution in [0.15, 0.2) is 18.2 Å². The monoisotopic (exact) mass is 207 g/mol. The SMILES string of the molecule is COC(OC)c1ccc2c(c1)CCC2N. The molecule has 2 N–H and O–H groups in total. The fourth-order valence-corrected chi connectivity index (χ4v) is 2.19. The molecule has 1 atom stereocenters. The second kappa shape index (κ2) is 4.31. The summed E-state index contributed by atoms with van der Waals surface area (Å²) < 4.78 is 10.4. The largest absolute Gasteiger partial charge is 0.352 e. The molecule has 0 aliphatic heterocycles. The summed E-state index contributed by atoms with van der Waals surface area (Å²) in [5.41, 5.74) is 9.64. The highest BCUT2D eigenvalue weighted by Crippen LogP contribution is 2.31. The summed E-state index contributed by atoms with van der Waals surface area (Å²) in [7, 11) is 3.29. The van der Waals surface area contributed by atoms with Crippen molar-refractivity contribution in [3.05, 3.63) is 34.9 Å². The Kier molecular flexibility index (Phi) is 3.05. The van der Waals surface area contributed by atoms with Crippen LogP contribution in [0.3, 0.4) is 0 Å². The molecule has 0 radical (unpaired) electrons. The molecule has 3 heteroatoms. The maximum absolute atomic E-state index is 5.98. The fraction of sp³-hybridized carbons (Fsp3) is 0.500. The molecule has 3 nitrogen and oxygen atoms in total. The van der Waals surface area contributed by atoms with Crippen molar-refractivity contribution in [2.24, 2.45) is 5.73 Å². The smallest absolute Gasteiger partial charge is 0.183 e. The normalized spacial score (nSPS) is 19.6. The van der Waals surface area contributed by atoms with Gasteiger partial charge >= 0.3 is 0 Å². The summed E-state index contributed by atoms with van der Waals surface area (Å²) in [6.45, 7) is 0. The van der Waals surface area contributed by atoms with Crippen molar-refractivity contribution in [2.45, 2.75) is 25.2 Å². The summed E-state index contributed by atoms with van der Waals surface area (Å²) in [6.07, 6.45) is 1.83. The van der Waals surface area contributed by atoms with E-state index in [0.29, 0.717) is 0 Å². The zero-order valence-corrected chi connectivity index (χ0v) is 9.19. The van der Waals surface area contributed by atoms with E-state index in [2.05, 4.69) is 12.1 Å². The van der Waals surface area contributed by atoms with E-state index in [9.17, 15) is 0 Å². The van der Waals surface area contributed by atoms with Crippen LogP contribution < -0.4 is 5.73 Å². The van der Waals surface area contributed by atoms with Gasteiger partial charge in [0, 0.05) is 25.8 Å². The third-order valence-electron chi connectivity index (χ3n) is 2.99. The second-order valence-corrected chi connectivity index (χ2v) is 3.91. The molecule has 0 saturated carbocycles. The molecule has 1 unspecified atom stereocenters. The Bertz CT molecular complexity index is 347. The number of hydrogen-bond donors (Lipinski definition) is 1. The first kappa shape index (κ1) is 10.6. The summed E-state index contributed by atoms with van der Waals surface area (Å²) in [5, 5.41) is 0. The minimum atomic E-state index is -0.271. The van der Waals surface area contributed by atoms with Gasteiger partial charge in [-0.3, -0.25) is 0 Å². The topological polar surface area (TPSA) is 44.5 Å². The van der Waals surface area contributed by atoms with E-state index in [0.717, 1.165) is 18.4 Å². The van der Waals surface area contributed by atoms with Gasteiger partial charge in [0.25, 0.3) is 0 Å². The van der Waals surface area contributed by atoms with Crippen LogP contribution in [0.4, 0.5) is 0 Å². The van der Waals surface area contributed by atoms with Crippen LogP contribution in [0.1, 0.15) is 35.4 Å². The maximum Gasteiger partial charge on any atom is 0.183 e. The van der Waals surface area contributed by atoms with E-state index < -0.39 is 0 Å². The van der Waals surface area contributed by atoms with Gasteiger partial charge in [-0.2, -0.15) is 0 Å². The molecule has 82 valence electrons. The first-order valence-electron chi connectivity index (χ1n) is 5.20. The summed E-state index contributed by atoms with van der Waals surface area (Å²) in [5.74, 6) is 0. The number of rotatable bonds is 3. The first-order chi connectivity index (χ1) is 7.26. The number of benzene rings is 1. The van der Waals surface area contributed by atoms with Crippen molar-refractivity contribution < 1.29 is 9.47 Å². The van der Waals surface area contributed by atoms with Crippen molar-refractivity contribution >= 4 is 0 Å². The van der Waals surface area contributed by atoms with Crippen molar-refractivity contribution in [3.8, 4) is 0 Å². The Morgan fingerprint density at radius 2 is 2.07 bits per heavy atom. The molecule has 2 rings (SSSR count). The number of nitrogens with two attached hydrogens (primary N) is 1. The van der Waals surface area contributed by atoms with Gasteiger partial charge < -0.3 is 15.2 Å². The molecule has 1 aliphatic carbocycles. The minimum Gasteiger partial charge on any atom is -0.352 e. The Morgan fingerprint density at radius 1 is 1.33 bits per heavy atom. The molecule has 1 aromatic carbocycles. The zero-order valence-electron chi connectivity index (χ0n) is 9.19. The summed E-state index contributed by atoms with van der Waals surface area (Å²) in [4.78, 5) is 0. The lowest BCUT2D eigenvalue weighted by Gasteiger charge is -2.15. The zero-order chi connectivity index (χ0) is 10.8. The van der Waals surface area contributed by atoms with E-state index in [-0.39, 0.29) is 12.3 Å². The summed E-state index contributed by atoms with van der Waals surface area (Å²) >= 11 is 0. The predicted octanol–water partition coefficient (Wildman–Crippen LogP) is 1.92. The number of aryl methyl sites for hydroxylation is 1. The van der Waals surface area contributed by atoms with E-state index >= 15 is 0 Å². The second-order valence-electron chi connectivity index (χ2n) is 3.91. The van der Waals surface area contributed by atoms with Gasteiger partial charge in [-0.25, -0.2) is 0 Å². The van der Waals surface area contributed by atoms with Gasteiger partial charge in [0.1, 0.15) is 0 Å². The Morgan fingerprint density at radius 3 is 2.73 bits per heavy atom. The molecular weight excluding hydrogens is 190 g/mol. The van der Waals surface area contributed by atoms with Crippen molar-refractivity contribution in [1.82, 2.24) is 0 Å². The van der Waals surface area contributed by atoms with Crippen molar-refractivity contribution in [1.29, 1.82) is 0 Å². The predicted molar refractivity (Wildman–Crippen MR) is 58.5 cm³/mol. The molecule has 0 fully saturated rings. The van der Waals surface area contributed by atoms with Crippen LogP contribution >= 0.6 is 0 Å². The lowest BCUT2D eigenvalue weighted by Crippen LogP contribution is -2.07. The van der Waals surface area contributed by atoms with Crippen LogP contribution in [0.5, 0.6) is 0 Å². The number of hydrogen-bond acceptors (Lipinski definition) is 3. The van der Waals surface area contributed by atoms with Gasteiger partial charge in [-0.1, -0.05) is 18.2 Å². The minimum absolute atomic E-state index is 0.206. The Labute approximate surface area is 90.2 Å². The van der Waals surface area contributed by atoms with Crippen molar-refractivity contribution in [3.63, 3.8) is 0 Å².